The van der Waals surface area contributed by atoms with Gasteiger partial charge in [0.15, 0.2) is 5.82 Å². The summed E-state index contributed by atoms with van der Waals surface area (Å²) in [5, 5.41) is 18.1. The van der Waals surface area contributed by atoms with Crippen molar-refractivity contribution in [1.29, 1.82) is 0 Å². The number of rotatable bonds is 3. The summed E-state index contributed by atoms with van der Waals surface area (Å²) in [7, 11) is -4.75. The average Bonchev–Trinajstić information content (AvgIpc) is 3.31. The smallest absolute Gasteiger partial charge is 0.371 e. The van der Waals surface area contributed by atoms with Gasteiger partial charge in [-0.25, -0.2) is 18.7 Å². The number of tetrazole rings is 1. The number of sulfonamides is 1. The molecule has 2 heterocycles. The summed E-state index contributed by atoms with van der Waals surface area (Å²) in [5.74, 6) is -0.196. The second-order valence-corrected chi connectivity index (χ2v) is 9.48. The van der Waals surface area contributed by atoms with E-state index in [1.165, 1.54) is 6.07 Å². The topological polar surface area (TPSA) is 144 Å². The lowest BCUT2D eigenvalue weighted by Crippen LogP contribution is -2.47. The van der Waals surface area contributed by atoms with Crippen LogP contribution in [0.15, 0.2) is 17.0 Å². The molecular formula is C17H22F3N7O2S. The number of nitrogens with zero attached hydrogens (tertiary/aromatic N) is 4. The highest BCUT2D eigenvalue weighted by Gasteiger charge is 2.44. The van der Waals surface area contributed by atoms with Crippen LogP contribution in [0, 0.1) is 5.41 Å². The first-order valence-corrected chi connectivity index (χ1v) is 11.1. The maximum absolute atomic E-state index is 13.6. The molecule has 1 atom stereocenters. The summed E-state index contributed by atoms with van der Waals surface area (Å²) in [4.78, 5) is 0.812. The van der Waals surface area contributed by atoms with Crippen molar-refractivity contribution in [3.63, 3.8) is 0 Å². The van der Waals surface area contributed by atoms with Crippen molar-refractivity contribution in [1.82, 2.24) is 20.6 Å². The Hall–Kier alpha value is -2.25. The van der Waals surface area contributed by atoms with Gasteiger partial charge in [0, 0.05) is 24.8 Å². The minimum absolute atomic E-state index is 0.0269. The molecule has 0 amide bonds. The number of piperidine rings is 1. The van der Waals surface area contributed by atoms with Gasteiger partial charge >= 0.3 is 6.18 Å². The lowest BCUT2D eigenvalue weighted by molar-refractivity contribution is -0.139. The quantitative estimate of drug-likeness (QED) is 0.651. The predicted octanol–water partition coefficient (Wildman–Crippen LogP) is 1.63. The number of alkyl halides is 3. The minimum Gasteiger partial charge on any atom is -0.371 e. The summed E-state index contributed by atoms with van der Waals surface area (Å²) in [6.45, 7) is 1.05. The van der Waals surface area contributed by atoms with Gasteiger partial charge in [0.05, 0.1) is 11.1 Å². The molecule has 1 saturated heterocycles. The highest BCUT2D eigenvalue weighted by molar-refractivity contribution is 7.89. The fourth-order valence-corrected chi connectivity index (χ4v) is 5.80. The third-order valence-corrected chi connectivity index (χ3v) is 7.38. The Bertz CT molecular complexity index is 1030. The third-order valence-electron chi connectivity index (χ3n) is 6.38. The summed E-state index contributed by atoms with van der Waals surface area (Å²) >= 11 is 0. The molecule has 5 N–H and O–H groups in total. The lowest BCUT2D eigenvalue weighted by atomic mass is 9.74. The summed E-state index contributed by atoms with van der Waals surface area (Å²) in [6.07, 6.45) is -0.333. The number of aromatic nitrogens is 4. The van der Waals surface area contributed by atoms with Gasteiger partial charge in [0.25, 0.3) is 0 Å². The average molecular weight is 445 g/mol. The molecule has 1 aliphatic carbocycles. The number of hydrogen-bond donors (Lipinski definition) is 3. The van der Waals surface area contributed by atoms with Crippen molar-refractivity contribution < 1.29 is 21.6 Å². The molecule has 2 fully saturated rings. The summed E-state index contributed by atoms with van der Waals surface area (Å²) in [6, 6.07) is 2.10. The van der Waals surface area contributed by atoms with Crippen LogP contribution in [0.2, 0.25) is 0 Å². The highest BCUT2D eigenvalue weighted by Crippen LogP contribution is 2.48. The van der Waals surface area contributed by atoms with Gasteiger partial charge in [-0.3, -0.25) is 0 Å². The molecule has 4 rings (SSSR count). The van der Waals surface area contributed by atoms with Crippen LogP contribution in [0.4, 0.5) is 18.9 Å². The fourth-order valence-electron chi connectivity index (χ4n) is 4.83. The van der Waals surface area contributed by atoms with E-state index in [1.807, 2.05) is 4.90 Å². The van der Waals surface area contributed by atoms with E-state index in [0.29, 0.717) is 13.1 Å². The third kappa shape index (κ3) is 3.54. The van der Waals surface area contributed by atoms with Gasteiger partial charge in [-0.15, -0.1) is 5.10 Å². The number of H-pyrrole nitrogens is 1. The first kappa shape index (κ1) is 21.0. The van der Waals surface area contributed by atoms with Crippen LogP contribution in [-0.4, -0.2) is 48.2 Å². The van der Waals surface area contributed by atoms with E-state index in [2.05, 4.69) is 20.6 Å². The highest BCUT2D eigenvalue weighted by atomic mass is 32.2. The fraction of sp³-hybridized carbons (Fsp3) is 0.588. The van der Waals surface area contributed by atoms with Gasteiger partial charge < -0.3 is 10.6 Å². The predicted molar refractivity (Wildman–Crippen MR) is 102 cm³/mol. The van der Waals surface area contributed by atoms with Crippen molar-refractivity contribution in [2.24, 2.45) is 16.3 Å². The second-order valence-electron chi connectivity index (χ2n) is 7.98. The molecule has 164 valence electrons. The van der Waals surface area contributed by atoms with Crippen LogP contribution in [0.3, 0.4) is 0 Å². The molecule has 1 aliphatic heterocycles. The summed E-state index contributed by atoms with van der Waals surface area (Å²) < 4.78 is 65.3. The molecule has 1 unspecified atom stereocenters. The van der Waals surface area contributed by atoms with Crippen LogP contribution >= 0.6 is 0 Å². The van der Waals surface area contributed by atoms with Crippen LogP contribution in [0.5, 0.6) is 0 Å². The number of hydrogen-bond acceptors (Lipinski definition) is 7. The van der Waals surface area contributed by atoms with Gasteiger partial charge in [-0.2, -0.15) is 13.2 Å². The van der Waals surface area contributed by atoms with Crippen LogP contribution in [0.1, 0.15) is 37.7 Å². The lowest BCUT2D eigenvalue weighted by Gasteiger charge is -2.43. The Morgan fingerprint density at radius 1 is 1.20 bits per heavy atom. The molecule has 1 aromatic carbocycles. The van der Waals surface area contributed by atoms with Crippen molar-refractivity contribution in [2.75, 3.05) is 18.0 Å². The molecule has 9 nitrogen and oxygen atoms in total. The van der Waals surface area contributed by atoms with Gasteiger partial charge in [0.1, 0.15) is 4.90 Å². The van der Waals surface area contributed by atoms with Crippen LogP contribution in [-0.2, 0) is 16.2 Å². The Balaban J connectivity index is 1.83. The van der Waals surface area contributed by atoms with Crippen LogP contribution < -0.4 is 15.8 Å². The zero-order valence-electron chi connectivity index (χ0n) is 16.0. The van der Waals surface area contributed by atoms with E-state index in [1.54, 1.807) is 0 Å². The van der Waals surface area contributed by atoms with Crippen molar-refractivity contribution >= 4 is 15.7 Å². The SMILES string of the molecule is NC1CCCC12CCN(c1ccc(C(F)(F)F)c(S(N)(=O)=O)c1-c1nnn[nH]1)CC2. The normalized spacial score (nSPS) is 22.0. The minimum atomic E-state index is -4.93. The van der Waals surface area contributed by atoms with E-state index >= 15 is 0 Å². The molecule has 13 heteroatoms. The molecule has 0 bridgehead atoms. The molecule has 1 spiro atoms. The Morgan fingerprint density at radius 2 is 1.90 bits per heavy atom. The van der Waals surface area contributed by atoms with Gasteiger partial charge in [0.2, 0.25) is 10.0 Å². The van der Waals surface area contributed by atoms with Crippen molar-refractivity contribution in [2.45, 2.75) is 49.2 Å². The maximum Gasteiger partial charge on any atom is 0.417 e. The zero-order chi connectivity index (χ0) is 21.7. The number of nitrogens with one attached hydrogen (secondary N) is 1. The Labute approximate surface area is 171 Å². The van der Waals surface area contributed by atoms with Gasteiger partial charge in [-0.1, -0.05) is 6.42 Å². The standard InChI is InChI=1S/C17H22F3N7O2S/c18-17(19,20)10-3-4-11(13(14(10)30(22,28)29)15-23-25-26-24-15)27-8-6-16(7-9-27)5-1-2-12(16)21/h3-4,12H,1-2,5-9,21H2,(H2,22,28,29)(H,23,24,25,26). The Morgan fingerprint density at radius 3 is 2.40 bits per heavy atom. The molecule has 2 aliphatic rings. The molecule has 30 heavy (non-hydrogen) atoms. The molecule has 1 aromatic heterocycles. The van der Waals surface area contributed by atoms with Gasteiger partial charge in [-0.05, 0) is 53.7 Å². The Kier molecular flexibility index (Phi) is 5.02. The monoisotopic (exact) mass is 445 g/mol. The number of halogens is 3. The first-order valence-electron chi connectivity index (χ1n) is 9.54. The molecule has 2 aromatic rings. The number of nitrogens with two attached hydrogens (primary N) is 2. The van der Waals surface area contributed by atoms with E-state index in [-0.39, 0.29) is 28.5 Å². The molecule has 1 saturated carbocycles. The molecule has 0 radical (unpaired) electrons. The van der Waals surface area contributed by atoms with E-state index < -0.39 is 26.7 Å². The number of aromatic amines is 1. The van der Waals surface area contributed by atoms with E-state index in [9.17, 15) is 21.6 Å². The molecular weight excluding hydrogens is 423 g/mol. The number of benzene rings is 1. The second kappa shape index (κ2) is 7.17. The van der Waals surface area contributed by atoms with E-state index in [0.717, 1.165) is 38.2 Å². The summed E-state index contributed by atoms with van der Waals surface area (Å²) in [5.41, 5.74) is 5.00. The largest absolute Gasteiger partial charge is 0.417 e. The first-order chi connectivity index (χ1) is 14.0. The van der Waals surface area contributed by atoms with Crippen LogP contribution in [0.25, 0.3) is 11.4 Å². The van der Waals surface area contributed by atoms with Crippen molar-refractivity contribution in [3.8, 4) is 11.4 Å². The number of primary sulfonamides is 1. The maximum atomic E-state index is 13.6. The van der Waals surface area contributed by atoms with Crippen molar-refractivity contribution in [3.05, 3.63) is 17.7 Å². The number of anilines is 1. The van der Waals surface area contributed by atoms with E-state index in [4.69, 9.17) is 10.9 Å². The zero-order valence-corrected chi connectivity index (χ0v) is 16.8.